The number of benzene rings is 1. The van der Waals surface area contributed by atoms with Crippen molar-refractivity contribution in [3.63, 3.8) is 0 Å². The summed E-state index contributed by atoms with van der Waals surface area (Å²) < 4.78 is 13.2. The molecule has 18 heavy (non-hydrogen) atoms. The Kier molecular flexibility index (Phi) is 4.67. The van der Waals surface area contributed by atoms with Gasteiger partial charge in [-0.3, -0.25) is 4.79 Å². The molecule has 0 bridgehead atoms. The number of nitrogen functional groups attached to an aromatic ring is 1. The molecule has 5 heteroatoms. The minimum atomic E-state index is -0.600. The van der Waals surface area contributed by atoms with Gasteiger partial charge in [0.2, 0.25) is 0 Å². The summed E-state index contributed by atoms with van der Waals surface area (Å²) in [5.41, 5.74) is 5.40. The third-order valence-electron chi connectivity index (χ3n) is 2.78. The Balaban J connectivity index is 2.63. The molecule has 0 radical (unpaired) electrons. The van der Waals surface area contributed by atoms with Crippen molar-refractivity contribution in [3.05, 3.63) is 29.6 Å². The fraction of sp³-hybridized carbons (Fsp3) is 0.462. The number of hydrogen-bond donors (Lipinski definition) is 3. The van der Waals surface area contributed by atoms with Crippen LogP contribution in [0.15, 0.2) is 18.2 Å². The monoisotopic (exact) mass is 254 g/mol. The highest BCUT2D eigenvalue weighted by Gasteiger charge is 2.18. The van der Waals surface area contributed by atoms with Crippen LogP contribution in [0.1, 0.15) is 30.6 Å². The molecular weight excluding hydrogens is 235 g/mol. The number of nitrogens with two attached hydrogens (primary N) is 1. The van der Waals surface area contributed by atoms with Gasteiger partial charge in [0.05, 0.1) is 5.69 Å². The molecule has 0 fully saturated rings. The molecule has 0 saturated heterocycles. The summed E-state index contributed by atoms with van der Waals surface area (Å²) in [5, 5.41) is 11.6. The van der Waals surface area contributed by atoms with Crippen LogP contribution in [0.3, 0.4) is 0 Å². The quantitative estimate of drug-likeness (QED) is 0.698. The number of nitrogens with one attached hydrogen (secondary N) is 1. The summed E-state index contributed by atoms with van der Waals surface area (Å²) in [5.74, 6) is -0.947. The van der Waals surface area contributed by atoms with Crippen molar-refractivity contribution in [3.8, 4) is 0 Å². The lowest BCUT2D eigenvalue weighted by Gasteiger charge is -2.23. The Bertz CT molecular complexity index is 433. The standard InChI is InChI=1S/C13H19FN2O2/c1-13(2,5-6-17)8-16-12(18)9-3-4-11(15)10(14)7-9/h3-4,7,17H,5-6,8,15H2,1-2H3,(H,16,18). The maximum absolute atomic E-state index is 13.2. The van der Waals surface area contributed by atoms with Gasteiger partial charge in [0, 0.05) is 18.7 Å². The van der Waals surface area contributed by atoms with Gasteiger partial charge in [-0.15, -0.1) is 0 Å². The number of aliphatic hydroxyl groups is 1. The van der Waals surface area contributed by atoms with Gasteiger partial charge in [-0.25, -0.2) is 4.39 Å². The summed E-state index contributed by atoms with van der Waals surface area (Å²) in [6, 6.07) is 3.96. The van der Waals surface area contributed by atoms with Crippen molar-refractivity contribution < 1.29 is 14.3 Å². The molecule has 0 unspecified atom stereocenters. The highest BCUT2D eigenvalue weighted by atomic mass is 19.1. The van der Waals surface area contributed by atoms with Crippen LogP contribution in [-0.2, 0) is 0 Å². The first-order valence-electron chi connectivity index (χ1n) is 5.80. The van der Waals surface area contributed by atoms with Crippen molar-refractivity contribution in [2.24, 2.45) is 5.41 Å². The molecule has 0 saturated carbocycles. The number of rotatable bonds is 5. The van der Waals surface area contributed by atoms with Gasteiger partial charge in [0.15, 0.2) is 0 Å². The number of aliphatic hydroxyl groups excluding tert-OH is 1. The summed E-state index contributed by atoms with van der Waals surface area (Å²) >= 11 is 0. The zero-order valence-corrected chi connectivity index (χ0v) is 10.7. The van der Waals surface area contributed by atoms with Crippen LogP contribution in [0.5, 0.6) is 0 Å². The Hall–Kier alpha value is -1.62. The summed E-state index contributed by atoms with van der Waals surface area (Å²) in [6.45, 7) is 4.36. The molecule has 0 aromatic heterocycles. The first kappa shape index (κ1) is 14.4. The Morgan fingerprint density at radius 1 is 1.50 bits per heavy atom. The van der Waals surface area contributed by atoms with Crippen LogP contribution in [-0.4, -0.2) is 24.2 Å². The molecular formula is C13H19FN2O2. The molecule has 0 heterocycles. The van der Waals surface area contributed by atoms with E-state index in [1.165, 1.54) is 12.1 Å². The van der Waals surface area contributed by atoms with Crippen LogP contribution in [0.4, 0.5) is 10.1 Å². The lowest BCUT2D eigenvalue weighted by molar-refractivity contribution is 0.0928. The van der Waals surface area contributed by atoms with Gasteiger partial charge >= 0.3 is 0 Å². The van der Waals surface area contributed by atoms with Crippen LogP contribution < -0.4 is 11.1 Å². The van der Waals surface area contributed by atoms with Crippen molar-refractivity contribution in [2.45, 2.75) is 20.3 Å². The summed E-state index contributed by atoms with van der Waals surface area (Å²) in [7, 11) is 0. The molecule has 0 atom stereocenters. The lowest BCUT2D eigenvalue weighted by Crippen LogP contribution is -2.34. The van der Waals surface area contributed by atoms with Gasteiger partial charge in [-0.1, -0.05) is 13.8 Å². The fourth-order valence-electron chi connectivity index (χ4n) is 1.48. The van der Waals surface area contributed by atoms with Gasteiger partial charge in [0.1, 0.15) is 5.82 Å². The minimum absolute atomic E-state index is 0.0205. The average Bonchev–Trinajstić information content (AvgIpc) is 2.30. The number of hydrogen-bond acceptors (Lipinski definition) is 3. The summed E-state index contributed by atoms with van der Waals surface area (Å²) in [4.78, 5) is 11.8. The van der Waals surface area contributed by atoms with Crippen LogP contribution >= 0.6 is 0 Å². The number of carbonyl (C=O) groups excluding carboxylic acids is 1. The van der Waals surface area contributed by atoms with E-state index in [4.69, 9.17) is 10.8 Å². The highest BCUT2D eigenvalue weighted by Crippen LogP contribution is 2.18. The van der Waals surface area contributed by atoms with Crippen molar-refractivity contribution >= 4 is 11.6 Å². The largest absolute Gasteiger partial charge is 0.396 e. The SMILES string of the molecule is CC(C)(CCO)CNC(=O)c1ccc(N)c(F)c1. The Morgan fingerprint density at radius 3 is 2.72 bits per heavy atom. The van der Waals surface area contributed by atoms with Gasteiger partial charge in [-0.05, 0) is 30.0 Å². The molecule has 100 valence electrons. The second-order valence-corrected chi connectivity index (χ2v) is 5.06. The number of amides is 1. The predicted octanol–water partition coefficient (Wildman–Crippen LogP) is 1.55. The van der Waals surface area contributed by atoms with E-state index in [-0.39, 0.29) is 29.2 Å². The van der Waals surface area contributed by atoms with Crippen molar-refractivity contribution in [2.75, 3.05) is 18.9 Å². The molecule has 1 amide bonds. The van der Waals surface area contributed by atoms with Crippen molar-refractivity contribution in [1.29, 1.82) is 0 Å². The summed E-state index contributed by atoms with van der Waals surface area (Å²) in [6.07, 6.45) is 0.587. The van der Waals surface area contributed by atoms with Crippen LogP contribution in [0, 0.1) is 11.2 Å². The lowest BCUT2D eigenvalue weighted by atomic mass is 9.89. The minimum Gasteiger partial charge on any atom is -0.396 e. The van der Waals surface area contributed by atoms with E-state index in [1.54, 1.807) is 0 Å². The smallest absolute Gasteiger partial charge is 0.251 e. The molecule has 0 spiro atoms. The van der Waals surface area contributed by atoms with Crippen molar-refractivity contribution in [1.82, 2.24) is 5.32 Å². The number of halogens is 1. The fourth-order valence-corrected chi connectivity index (χ4v) is 1.48. The van der Waals surface area contributed by atoms with Crippen LogP contribution in [0.2, 0.25) is 0 Å². The topological polar surface area (TPSA) is 75.3 Å². The first-order valence-corrected chi connectivity index (χ1v) is 5.80. The molecule has 1 rings (SSSR count). The third kappa shape index (κ3) is 4.00. The molecule has 0 aliphatic heterocycles. The highest BCUT2D eigenvalue weighted by molar-refractivity contribution is 5.94. The van der Waals surface area contributed by atoms with Gasteiger partial charge in [-0.2, -0.15) is 0 Å². The van der Waals surface area contributed by atoms with E-state index in [9.17, 15) is 9.18 Å². The molecule has 0 aliphatic rings. The second kappa shape index (κ2) is 5.82. The Labute approximate surface area is 106 Å². The average molecular weight is 254 g/mol. The van der Waals surface area contributed by atoms with E-state index >= 15 is 0 Å². The molecule has 4 nitrogen and oxygen atoms in total. The molecule has 4 N–H and O–H groups in total. The second-order valence-electron chi connectivity index (χ2n) is 5.06. The predicted molar refractivity (Wildman–Crippen MR) is 68.6 cm³/mol. The van der Waals surface area contributed by atoms with E-state index in [0.717, 1.165) is 6.07 Å². The van der Waals surface area contributed by atoms with Gasteiger partial charge in [0.25, 0.3) is 5.91 Å². The van der Waals surface area contributed by atoms with Gasteiger partial charge < -0.3 is 16.2 Å². The zero-order chi connectivity index (χ0) is 13.8. The third-order valence-corrected chi connectivity index (χ3v) is 2.78. The van der Waals surface area contributed by atoms with E-state index in [0.29, 0.717) is 13.0 Å². The maximum atomic E-state index is 13.2. The van der Waals surface area contributed by atoms with E-state index in [1.807, 2.05) is 13.8 Å². The zero-order valence-electron chi connectivity index (χ0n) is 10.7. The number of carbonyl (C=O) groups is 1. The molecule has 1 aromatic carbocycles. The van der Waals surface area contributed by atoms with Crippen LogP contribution in [0.25, 0.3) is 0 Å². The maximum Gasteiger partial charge on any atom is 0.251 e. The first-order chi connectivity index (χ1) is 8.35. The number of anilines is 1. The molecule has 0 aliphatic carbocycles. The molecule has 1 aromatic rings. The van der Waals surface area contributed by atoms with E-state index < -0.39 is 5.82 Å². The normalized spacial score (nSPS) is 11.3. The van der Waals surface area contributed by atoms with E-state index in [2.05, 4.69) is 5.32 Å². The Morgan fingerprint density at radius 2 is 2.17 bits per heavy atom.